The van der Waals surface area contributed by atoms with Crippen molar-refractivity contribution in [2.75, 3.05) is 4.90 Å². The van der Waals surface area contributed by atoms with Crippen molar-refractivity contribution in [3.05, 3.63) is 236 Å². The van der Waals surface area contributed by atoms with Crippen molar-refractivity contribution in [1.29, 1.82) is 0 Å². The van der Waals surface area contributed by atoms with Crippen LogP contribution in [0.25, 0.3) is 97.7 Å². The van der Waals surface area contributed by atoms with Crippen molar-refractivity contribution in [2.24, 2.45) is 0 Å². The highest BCUT2D eigenvalue weighted by molar-refractivity contribution is 7.25. The number of fused-ring (bicyclic) bond motifs is 9. The third-order valence-corrected chi connectivity index (χ3v) is 15.0. The van der Waals surface area contributed by atoms with E-state index in [4.69, 9.17) is 4.42 Å². The fraction of sp³-hybridized carbons (Fsp3) is 0.0476. The number of hydrogen-bond acceptors (Lipinski definition) is 3. The van der Waals surface area contributed by atoms with Gasteiger partial charge in [0.2, 0.25) is 0 Å². The molecule has 0 fully saturated rings. The van der Waals surface area contributed by atoms with Gasteiger partial charge in [0.05, 0.1) is 0 Å². The van der Waals surface area contributed by atoms with Gasteiger partial charge in [-0.3, -0.25) is 0 Å². The molecule has 10 aromatic carbocycles. The van der Waals surface area contributed by atoms with Crippen LogP contribution in [0, 0.1) is 0 Å². The average Bonchev–Trinajstić information content (AvgIpc) is 4.01. The zero-order valence-corrected chi connectivity index (χ0v) is 37.4. The number of anilines is 3. The fourth-order valence-electron chi connectivity index (χ4n) is 10.5. The molecule has 2 nitrogen and oxygen atoms in total. The lowest BCUT2D eigenvalue weighted by molar-refractivity contribution is 0.660. The molecule has 312 valence electrons. The summed E-state index contributed by atoms with van der Waals surface area (Å²) in [6.45, 7) is 4.71. The zero-order chi connectivity index (χ0) is 43.9. The summed E-state index contributed by atoms with van der Waals surface area (Å²) in [4.78, 5) is 2.41. The molecule has 0 saturated heterocycles. The predicted octanol–water partition coefficient (Wildman–Crippen LogP) is 18.4. The van der Waals surface area contributed by atoms with Crippen LogP contribution in [0.4, 0.5) is 17.1 Å². The van der Waals surface area contributed by atoms with E-state index in [1.807, 2.05) is 23.5 Å². The van der Waals surface area contributed by atoms with E-state index in [0.717, 1.165) is 61.3 Å². The largest absolute Gasteiger partial charge is 0.456 e. The molecule has 0 amide bonds. The van der Waals surface area contributed by atoms with Crippen LogP contribution in [-0.2, 0) is 5.41 Å². The van der Waals surface area contributed by atoms with E-state index in [9.17, 15) is 0 Å². The minimum atomic E-state index is -0.117. The second-order valence-electron chi connectivity index (χ2n) is 18.1. The van der Waals surface area contributed by atoms with Gasteiger partial charge in [-0.1, -0.05) is 147 Å². The quantitative estimate of drug-likeness (QED) is 0.159. The Hall–Kier alpha value is -7.98. The van der Waals surface area contributed by atoms with Crippen LogP contribution in [0.3, 0.4) is 0 Å². The molecule has 0 N–H and O–H groups in total. The van der Waals surface area contributed by atoms with Crippen molar-refractivity contribution in [1.82, 2.24) is 0 Å². The van der Waals surface area contributed by atoms with Gasteiger partial charge in [-0.2, -0.15) is 0 Å². The van der Waals surface area contributed by atoms with Crippen LogP contribution in [0.5, 0.6) is 0 Å². The van der Waals surface area contributed by atoms with Gasteiger partial charge >= 0.3 is 0 Å². The van der Waals surface area contributed by atoms with Gasteiger partial charge in [-0.25, -0.2) is 0 Å². The van der Waals surface area contributed by atoms with Crippen molar-refractivity contribution < 1.29 is 4.42 Å². The average molecular weight is 862 g/mol. The molecular formula is C63H43NOS. The second kappa shape index (κ2) is 15.1. The SMILES string of the molecule is CC1(C)c2ccccc2-c2ccc(N(c3ccc(-c4ccccc4)cc3)c3ccc(-c4cc(-c5ccc6oc7ccccc7c6c5)cc(-c5ccc6sc7ccccc7c6c5)c4)cc3)cc21. The van der Waals surface area contributed by atoms with Crippen molar-refractivity contribution >= 4 is 70.5 Å². The first kappa shape index (κ1) is 38.5. The Morgan fingerprint density at radius 1 is 0.333 bits per heavy atom. The molecular weight excluding hydrogens is 819 g/mol. The number of nitrogens with zero attached hydrogens (tertiary/aromatic N) is 1. The topological polar surface area (TPSA) is 16.4 Å². The summed E-state index contributed by atoms with van der Waals surface area (Å²) in [6, 6.07) is 82.4. The van der Waals surface area contributed by atoms with Gasteiger partial charge in [-0.05, 0) is 158 Å². The Morgan fingerprint density at radius 2 is 0.848 bits per heavy atom. The van der Waals surface area contributed by atoms with Crippen LogP contribution in [0.1, 0.15) is 25.0 Å². The molecule has 0 unspecified atom stereocenters. The van der Waals surface area contributed by atoms with Crippen LogP contribution in [-0.4, -0.2) is 0 Å². The van der Waals surface area contributed by atoms with E-state index in [0.29, 0.717) is 0 Å². The second-order valence-corrected chi connectivity index (χ2v) is 19.2. The van der Waals surface area contributed by atoms with Gasteiger partial charge in [0.1, 0.15) is 11.2 Å². The molecule has 1 aliphatic rings. The Bertz CT molecular complexity index is 3700. The van der Waals surface area contributed by atoms with Crippen LogP contribution in [0.2, 0.25) is 0 Å². The highest BCUT2D eigenvalue weighted by atomic mass is 32.1. The summed E-state index contributed by atoms with van der Waals surface area (Å²) in [5.74, 6) is 0. The normalized spacial score (nSPS) is 12.8. The third kappa shape index (κ3) is 6.30. The van der Waals surface area contributed by atoms with Gasteiger partial charge < -0.3 is 9.32 Å². The fourth-order valence-corrected chi connectivity index (χ4v) is 11.5. The molecule has 12 aromatic rings. The Balaban J connectivity index is 0.943. The third-order valence-electron chi connectivity index (χ3n) is 13.9. The first-order valence-corrected chi connectivity index (χ1v) is 23.5. The lowest BCUT2D eigenvalue weighted by atomic mass is 9.82. The van der Waals surface area contributed by atoms with Crippen LogP contribution < -0.4 is 4.90 Å². The van der Waals surface area contributed by atoms with E-state index in [2.05, 4.69) is 231 Å². The summed E-state index contributed by atoms with van der Waals surface area (Å²) >= 11 is 1.86. The maximum absolute atomic E-state index is 6.26. The maximum atomic E-state index is 6.26. The molecule has 0 atom stereocenters. The summed E-state index contributed by atoms with van der Waals surface area (Å²) in [5, 5.41) is 4.86. The van der Waals surface area contributed by atoms with Gasteiger partial charge in [-0.15, -0.1) is 11.3 Å². The Labute approximate surface area is 388 Å². The van der Waals surface area contributed by atoms with Crippen molar-refractivity contribution in [3.63, 3.8) is 0 Å². The highest BCUT2D eigenvalue weighted by Gasteiger charge is 2.35. The first-order valence-electron chi connectivity index (χ1n) is 22.7. The minimum absolute atomic E-state index is 0.117. The molecule has 2 aromatic heterocycles. The molecule has 13 rings (SSSR count). The summed E-state index contributed by atoms with van der Waals surface area (Å²) in [6.07, 6.45) is 0. The number of rotatable bonds is 7. The number of benzene rings is 10. The van der Waals surface area contributed by atoms with E-state index in [1.54, 1.807) is 0 Å². The smallest absolute Gasteiger partial charge is 0.135 e. The van der Waals surface area contributed by atoms with Gasteiger partial charge in [0.25, 0.3) is 0 Å². The van der Waals surface area contributed by atoms with Crippen molar-refractivity contribution in [2.45, 2.75) is 19.3 Å². The van der Waals surface area contributed by atoms with Crippen LogP contribution in [0.15, 0.2) is 229 Å². The molecule has 66 heavy (non-hydrogen) atoms. The molecule has 0 bridgehead atoms. The molecule has 0 saturated carbocycles. The molecule has 0 radical (unpaired) electrons. The molecule has 0 aliphatic heterocycles. The van der Waals surface area contributed by atoms with Crippen LogP contribution >= 0.6 is 11.3 Å². The van der Waals surface area contributed by atoms with E-state index >= 15 is 0 Å². The molecule has 1 aliphatic carbocycles. The molecule has 2 heterocycles. The Morgan fingerprint density at radius 3 is 1.61 bits per heavy atom. The number of para-hydroxylation sites is 1. The summed E-state index contributed by atoms with van der Waals surface area (Å²) in [7, 11) is 0. The maximum Gasteiger partial charge on any atom is 0.135 e. The van der Waals surface area contributed by atoms with Gasteiger partial charge in [0.15, 0.2) is 0 Å². The number of hydrogen-bond donors (Lipinski definition) is 0. The van der Waals surface area contributed by atoms with Crippen molar-refractivity contribution in [3.8, 4) is 55.6 Å². The molecule has 0 spiro atoms. The van der Waals surface area contributed by atoms with E-state index < -0.39 is 0 Å². The highest BCUT2D eigenvalue weighted by Crippen LogP contribution is 2.51. The zero-order valence-electron chi connectivity index (χ0n) is 36.6. The standard InChI is InChI=1S/C63H43NOS/c1-63(2)57-17-9-6-14-51(57)52-31-30-50(39-58(52)63)64(48-26-20-41(21-27-48)40-12-4-3-5-13-40)49-28-22-42(23-29-49)45-34-46(43-24-32-60-55(37-43)53-15-7-10-18-59(53)65-60)36-47(35-45)44-25-33-62-56(38-44)54-16-8-11-19-61(54)66-62/h3-39H,1-2H3. The lowest BCUT2D eigenvalue weighted by Crippen LogP contribution is -2.16. The lowest BCUT2D eigenvalue weighted by Gasteiger charge is -2.28. The summed E-state index contributed by atoms with van der Waals surface area (Å²) in [5.41, 5.74) is 19.8. The monoisotopic (exact) mass is 861 g/mol. The Kier molecular flexibility index (Phi) is 8.78. The molecule has 3 heteroatoms. The van der Waals surface area contributed by atoms with Gasteiger partial charge in [0, 0.05) is 53.4 Å². The first-order chi connectivity index (χ1) is 32.4. The number of furan rings is 1. The van der Waals surface area contributed by atoms with E-state index in [1.165, 1.54) is 64.7 Å². The van der Waals surface area contributed by atoms with E-state index in [-0.39, 0.29) is 5.41 Å². The summed E-state index contributed by atoms with van der Waals surface area (Å²) < 4.78 is 8.88. The minimum Gasteiger partial charge on any atom is -0.456 e. The predicted molar refractivity (Wildman–Crippen MR) is 281 cm³/mol. The number of thiophene rings is 1.